The number of imide groups is 1. The highest BCUT2D eigenvalue weighted by Gasteiger charge is 2.47. The Bertz CT molecular complexity index is 775. The van der Waals surface area contributed by atoms with Gasteiger partial charge in [-0.3, -0.25) is 24.1 Å². The Morgan fingerprint density at radius 1 is 1.11 bits per heavy atom. The fraction of sp³-hybridized carbons (Fsp3) is 0.400. The van der Waals surface area contributed by atoms with Gasteiger partial charge in [-0.2, -0.15) is 0 Å². The Kier molecular flexibility index (Phi) is 5.48. The van der Waals surface area contributed by atoms with Crippen LogP contribution in [0.4, 0.5) is 4.39 Å². The summed E-state index contributed by atoms with van der Waals surface area (Å²) in [6.45, 7) is 1.37. The molecule has 27 heavy (non-hydrogen) atoms. The lowest BCUT2D eigenvalue weighted by Crippen LogP contribution is -2.34. The summed E-state index contributed by atoms with van der Waals surface area (Å²) in [5, 5.41) is 0. The monoisotopic (exact) mass is 373 g/mol. The molecule has 0 aromatic heterocycles. The molecule has 1 fully saturated rings. The number of nitrogens with zero attached hydrogens (tertiary/aromatic N) is 1. The minimum Gasteiger partial charge on any atom is -0.454 e. The van der Waals surface area contributed by atoms with Gasteiger partial charge in [-0.1, -0.05) is 12.2 Å². The maximum absolute atomic E-state index is 12.9. The smallest absolute Gasteiger partial charge is 0.308 e. The second kappa shape index (κ2) is 7.82. The molecule has 7 heteroatoms. The van der Waals surface area contributed by atoms with Gasteiger partial charge in [0.1, 0.15) is 5.82 Å². The number of fused-ring (bicyclic) bond motifs is 1. The van der Waals surface area contributed by atoms with Crippen molar-refractivity contribution in [3.8, 4) is 0 Å². The van der Waals surface area contributed by atoms with Crippen molar-refractivity contribution in [2.75, 3.05) is 6.54 Å². The molecule has 0 unspecified atom stereocenters. The van der Waals surface area contributed by atoms with Gasteiger partial charge < -0.3 is 4.74 Å². The molecular formula is C20H20FNO5. The lowest BCUT2D eigenvalue weighted by molar-refractivity contribution is -0.147. The van der Waals surface area contributed by atoms with Gasteiger partial charge in [0.05, 0.1) is 18.3 Å². The molecule has 2 amide bonds. The van der Waals surface area contributed by atoms with Crippen LogP contribution in [0.2, 0.25) is 0 Å². The van der Waals surface area contributed by atoms with E-state index < -0.39 is 23.7 Å². The number of rotatable bonds is 6. The Labute approximate surface area is 156 Å². The van der Waals surface area contributed by atoms with E-state index in [4.69, 9.17) is 4.74 Å². The number of esters is 1. The molecule has 6 nitrogen and oxygen atoms in total. The number of ketones is 1. The van der Waals surface area contributed by atoms with Crippen LogP contribution >= 0.6 is 0 Å². The molecule has 0 radical (unpaired) electrons. The number of halogens is 1. The number of carbonyl (C=O) groups excluding carboxylic acids is 4. The molecule has 1 saturated heterocycles. The molecule has 1 aromatic rings. The summed E-state index contributed by atoms with van der Waals surface area (Å²) in [5.41, 5.74) is 0.234. The minimum atomic E-state index is -1.04. The van der Waals surface area contributed by atoms with Crippen molar-refractivity contribution in [2.24, 2.45) is 11.8 Å². The summed E-state index contributed by atoms with van der Waals surface area (Å²) in [4.78, 5) is 50.0. The molecule has 1 aromatic carbocycles. The molecule has 3 atom stereocenters. The Morgan fingerprint density at radius 2 is 1.67 bits per heavy atom. The summed E-state index contributed by atoms with van der Waals surface area (Å²) >= 11 is 0. The largest absolute Gasteiger partial charge is 0.454 e. The fourth-order valence-electron chi connectivity index (χ4n) is 3.45. The van der Waals surface area contributed by atoms with E-state index >= 15 is 0 Å². The zero-order valence-electron chi connectivity index (χ0n) is 14.9. The van der Waals surface area contributed by atoms with E-state index in [-0.39, 0.29) is 42.2 Å². The van der Waals surface area contributed by atoms with Crippen molar-refractivity contribution in [3.05, 3.63) is 47.8 Å². The number of allylic oxidation sites excluding steroid dienone is 2. The van der Waals surface area contributed by atoms with Crippen molar-refractivity contribution >= 4 is 23.6 Å². The fourth-order valence-corrected chi connectivity index (χ4v) is 3.45. The Hall–Kier alpha value is -2.83. The number of hydrogen-bond acceptors (Lipinski definition) is 5. The predicted octanol–water partition coefficient (Wildman–Crippen LogP) is 2.28. The van der Waals surface area contributed by atoms with E-state index in [0.717, 1.165) is 17.0 Å². The zero-order chi connectivity index (χ0) is 19.6. The van der Waals surface area contributed by atoms with Crippen molar-refractivity contribution in [2.45, 2.75) is 32.3 Å². The number of amides is 2. The SMILES string of the molecule is C[C@H](OC(=O)CCN1C(=O)[C@@H]2CC=CC[C@H]2C1=O)C(=O)c1ccc(F)cc1. The third-order valence-corrected chi connectivity index (χ3v) is 4.94. The first-order valence-electron chi connectivity index (χ1n) is 8.88. The van der Waals surface area contributed by atoms with Crippen LogP contribution in [0.25, 0.3) is 0 Å². The van der Waals surface area contributed by atoms with Crippen molar-refractivity contribution in [3.63, 3.8) is 0 Å². The second-order valence-corrected chi connectivity index (χ2v) is 6.74. The Morgan fingerprint density at radius 3 is 2.22 bits per heavy atom. The van der Waals surface area contributed by atoms with Crippen molar-refractivity contribution in [1.29, 1.82) is 0 Å². The van der Waals surface area contributed by atoms with Gasteiger partial charge in [0.15, 0.2) is 6.10 Å². The van der Waals surface area contributed by atoms with Crippen LogP contribution in [0, 0.1) is 17.7 Å². The van der Waals surface area contributed by atoms with Crippen LogP contribution < -0.4 is 0 Å². The minimum absolute atomic E-state index is 0.0546. The third-order valence-electron chi connectivity index (χ3n) is 4.94. The molecule has 0 spiro atoms. The maximum Gasteiger partial charge on any atom is 0.308 e. The quantitative estimate of drug-likeness (QED) is 0.331. The van der Waals surface area contributed by atoms with E-state index in [2.05, 4.69) is 0 Å². The van der Waals surface area contributed by atoms with Gasteiger partial charge in [-0.15, -0.1) is 0 Å². The molecular weight excluding hydrogens is 353 g/mol. The van der Waals surface area contributed by atoms with E-state index in [9.17, 15) is 23.6 Å². The maximum atomic E-state index is 12.9. The van der Waals surface area contributed by atoms with Crippen LogP contribution in [0.1, 0.15) is 36.5 Å². The highest BCUT2D eigenvalue weighted by Crippen LogP contribution is 2.35. The number of hydrogen-bond donors (Lipinski definition) is 0. The van der Waals surface area contributed by atoms with Crippen LogP contribution in [0.5, 0.6) is 0 Å². The van der Waals surface area contributed by atoms with E-state index in [1.165, 1.54) is 19.1 Å². The Balaban J connectivity index is 1.52. The first kappa shape index (κ1) is 18.9. The lowest BCUT2D eigenvalue weighted by atomic mass is 9.85. The topological polar surface area (TPSA) is 80.8 Å². The van der Waals surface area contributed by atoms with E-state index in [1.807, 2.05) is 12.2 Å². The van der Waals surface area contributed by atoms with Gasteiger partial charge in [0.25, 0.3) is 0 Å². The average molecular weight is 373 g/mol. The first-order valence-corrected chi connectivity index (χ1v) is 8.88. The number of benzene rings is 1. The van der Waals surface area contributed by atoms with Crippen LogP contribution in [0.3, 0.4) is 0 Å². The van der Waals surface area contributed by atoms with Gasteiger partial charge >= 0.3 is 5.97 Å². The second-order valence-electron chi connectivity index (χ2n) is 6.74. The van der Waals surface area contributed by atoms with Crippen molar-refractivity contribution < 1.29 is 28.3 Å². The van der Waals surface area contributed by atoms with Gasteiger partial charge in [0.2, 0.25) is 17.6 Å². The molecule has 0 saturated carbocycles. The molecule has 3 rings (SSSR count). The van der Waals surface area contributed by atoms with Crippen LogP contribution in [-0.4, -0.2) is 41.1 Å². The lowest BCUT2D eigenvalue weighted by Gasteiger charge is -2.16. The molecule has 0 bridgehead atoms. The molecule has 1 aliphatic heterocycles. The molecule has 0 N–H and O–H groups in total. The summed E-state index contributed by atoms with van der Waals surface area (Å²) in [6, 6.07) is 4.94. The summed E-state index contributed by atoms with van der Waals surface area (Å²) in [7, 11) is 0. The normalized spacial score (nSPS) is 22.5. The zero-order valence-corrected chi connectivity index (χ0v) is 14.9. The molecule has 142 valence electrons. The van der Waals surface area contributed by atoms with Crippen molar-refractivity contribution in [1.82, 2.24) is 4.90 Å². The number of Topliss-reactive ketones (excluding diaryl/α,β-unsaturated/α-hetero) is 1. The number of carbonyl (C=O) groups is 4. The van der Waals surface area contributed by atoms with Gasteiger partial charge in [0, 0.05) is 12.1 Å². The molecule has 1 aliphatic carbocycles. The standard InChI is InChI=1S/C20H20FNO5/c1-12(18(24)13-6-8-14(21)9-7-13)27-17(23)10-11-22-19(25)15-4-2-3-5-16(15)20(22)26/h2-3,6-9,12,15-16H,4-5,10-11H2,1H3/t12-,15+,16+/m0/s1. The van der Waals surface area contributed by atoms with E-state index in [1.54, 1.807) is 0 Å². The number of likely N-dealkylation sites (tertiary alicyclic amines) is 1. The first-order chi connectivity index (χ1) is 12.9. The summed E-state index contributed by atoms with van der Waals surface area (Å²) < 4.78 is 18.0. The third kappa shape index (κ3) is 3.97. The highest BCUT2D eigenvalue weighted by atomic mass is 19.1. The molecule has 1 heterocycles. The van der Waals surface area contributed by atoms with E-state index in [0.29, 0.717) is 12.8 Å². The van der Waals surface area contributed by atoms with Gasteiger partial charge in [-0.25, -0.2) is 4.39 Å². The van der Waals surface area contributed by atoms with Gasteiger partial charge in [-0.05, 0) is 44.0 Å². The highest BCUT2D eigenvalue weighted by molar-refractivity contribution is 6.05. The number of ether oxygens (including phenoxy) is 1. The van der Waals surface area contributed by atoms with Crippen LogP contribution in [0.15, 0.2) is 36.4 Å². The average Bonchev–Trinajstić information content (AvgIpc) is 2.91. The predicted molar refractivity (Wildman–Crippen MR) is 93.0 cm³/mol. The summed E-state index contributed by atoms with van der Waals surface area (Å²) in [6.07, 6.45) is 3.66. The molecule has 2 aliphatic rings. The summed E-state index contributed by atoms with van der Waals surface area (Å²) in [5.74, 6) is -2.77. The van der Waals surface area contributed by atoms with Crippen LogP contribution in [-0.2, 0) is 19.1 Å².